The minimum Gasteiger partial charge on any atom is -0.398 e. The van der Waals surface area contributed by atoms with Gasteiger partial charge >= 0.3 is 0 Å². The highest BCUT2D eigenvalue weighted by Gasteiger charge is 2.13. The van der Waals surface area contributed by atoms with Crippen LogP contribution < -0.4 is 11.1 Å². The molecule has 3 N–H and O–H groups in total. The van der Waals surface area contributed by atoms with Crippen LogP contribution in [-0.2, 0) is 12.8 Å². The van der Waals surface area contributed by atoms with Crippen LogP contribution >= 0.6 is 0 Å². The fraction of sp³-hybridized carbons (Fsp3) is 0.455. The van der Waals surface area contributed by atoms with Crippen LogP contribution in [-0.4, -0.2) is 6.54 Å². The van der Waals surface area contributed by atoms with Crippen molar-refractivity contribution in [2.45, 2.75) is 26.2 Å². The Hall–Kier alpha value is -1.18. The van der Waals surface area contributed by atoms with Crippen molar-refractivity contribution in [3.8, 4) is 0 Å². The summed E-state index contributed by atoms with van der Waals surface area (Å²) in [6.45, 7) is 3.24. The second kappa shape index (κ2) is 3.29. The Balaban J connectivity index is 2.52. The van der Waals surface area contributed by atoms with Gasteiger partial charge in [-0.2, -0.15) is 0 Å². The molecule has 0 atom stereocenters. The molecule has 0 amide bonds. The van der Waals surface area contributed by atoms with Crippen molar-refractivity contribution in [2.75, 3.05) is 17.6 Å². The summed E-state index contributed by atoms with van der Waals surface area (Å²) in [6, 6.07) is 4.18. The third kappa shape index (κ3) is 1.37. The van der Waals surface area contributed by atoms with E-state index in [2.05, 4.69) is 18.3 Å². The number of hydrogen-bond donors (Lipinski definition) is 2. The molecular formula is C11H16N2. The zero-order chi connectivity index (χ0) is 9.26. The Morgan fingerprint density at radius 1 is 1.46 bits per heavy atom. The van der Waals surface area contributed by atoms with E-state index in [0.29, 0.717) is 0 Å². The maximum atomic E-state index is 5.92. The predicted molar refractivity (Wildman–Crippen MR) is 57.0 cm³/mol. The molecule has 0 spiro atoms. The van der Waals surface area contributed by atoms with E-state index in [1.165, 1.54) is 29.7 Å². The third-order valence-corrected chi connectivity index (χ3v) is 2.71. The first-order valence-corrected chi connectivity index (χ1v) is 4.97. The number of benzene rings is 1. The summed E-state index contributed by atoms with van der Waals surface area (Å²) in [5, 5.41) is 3.44. The predicted octanol–water partition coefficient (Wildman–Crippen LogP) is 2.19. The van der Waals surface area contributed by atoms with Crippen molar-refractivity contribution >= 4 is 11.4 Å². The lowest BCUT2D eigenvalue weighted by Gasteiger charge is -2.22. The highest BCUT2D eigenvalue weighted by atomic mass is 14.9. The molecule has 1 aromatic carbocycles. The number of rotatable bonds is 1. The van der Waals surface area contributed by atoms with Crippen molar-refractivity contribution in [1.82, 2.24) is 0 Å². The molecule has 0 saturated carbocycles. The quantitative estimate of drug-likeness (QED) is 0.644. The number of aryl methyl sites for hydroxylation is 1. The monoisotopic (exact) mass is 176 g/mol. The SMILES string of the molecule is CCc1c(N)ccc2c1NCCC2. The van der Waals surface area contributed by atoms with Gasteiger partial charge in [-0.1, -0.05) is 13.0 Å². The lowest BCUT2D eigenvalue weighted by molar-refractivity contribution is 0.825. The van der Waals surface area contributed by atoms with E-state index in [1.54, 1.807) is 0 Å². The van der Waals surface area contributed by atoms with E-state index in [4.69, 9.17) is 5.73 Å². The Morgan fingerprint density at radius 3 is 3.08 bits per heavy atom. The molecule has 0 radical (unpaired) electrons. The van der Waals surface area contributed by atoms with Crippen molar-refractivity contribution in [2.24, 2.45) is 0 Å². The Morgan fingerprint density at radius 2 is 2.31 bits per heavy atom. The molecule has 2 heteroatoms. The Bertz CT molecular complexity index is 318. The first-order chi connectivity index (χ1) is 6.33. The fourth-order valence-corrected chi connectivity index (χ4v) is 2.01. The second-order valence-corrected chi connectivity index (χ2v) is 3.55. The van der Waals surface area contributed by atoms with Gasteiger partial charge in [-0.15, -0.1) is 0 Å². The first kappa shape index (κ1) is 8.42. The van der Waals surface area contributed by atoms with Crippen LogP contribution in [0, 0.1) is 0 Å². The Labute approximate surface area is 79.1 Å². The topological polar surface area (TPSA) is 38.0 Å². The molecule has 1 aliphatic heterocycles. The first-order valence-electron chi connectivity index (χ1n) is 4.97. The van der Waals surface area contributed by atoms with Gasteiger partial charge in [-0.05, 0) is 36.5 Å². The molecule has 70 valence electrons. The Kier molecular flexibility index (Phi) is 2.13. The fourth-order valence-electron chi connectivity index (χ4n) is 2.01. The summed E-state index contributed by atoms with van der Waals surface area (Å²) in [5.74, 6) is 0. The molecule has 0 unspecified atom stereocenters. The number of anilines is 2. The smallest absolute Gasteiger partial charge is 0.0425 e. The summed E-state index contributed by atoms with van der Waals surface area (Å²) in [6.07, 6.45) is 3.44. The van der Waals surface area contributed by atoms with E-state index in [0.717, 1.165) is 18.7 Å². The van der Waals surface area contributed by atoms with Crippen molar-refractivity contribution < 1.29 is 0 Å². The van der Waals surface area contributed by atoms with E-state index in [-0.39, 0.29) is 0 Å². The van der Waals surface area contributed by atoms with Gasteiger partial charge < -0.3 is 11.1 Å². The minimum absolute atomic E-state index is 0.927. The van der Waals surface area contributed by atoms with Gasteiger partial charge in [0.25, 0.3) is 0 Å². The van der Waals surface area contributed by atoms with Crippen LogP contribution in [0.1, 0.15) is 24.5 Å². The average molecular weight is 176 g/mol. The van der Waals surface area contributed by atoms with Crippen LogP contribution in [0.2, 0.25) is 0 Å². The highest BCUT2D eigenvalue weighted by Crippen LogP contribution is 2.30. The van der Waals surface area contributed by atoms with Crippen LogP contribution in [0.4, 0.5) is 11.4 Å². The van der Waals surface area contributed by atoms with Crippen LogP contribution in [0.3, 0.4) is 0 Å². The lowest BCUT2D eigenvalue weighted by atomic mass is 9.97. The van der Waals surface area contributed by atoms with E-state index >= 15 is 0 Å². The summed E-state index contributed by atoms with van der Waals surface area (Å²) in [7, 11) is 0. The molecule has 13 heavy (non-hydrogen) atoms. The van der Waals surface area contributed by atoms with E-state index < -0.39 is 0 Å². The van der Waals surface area contributed by atoms with Crippen molar-refractivity contribution in [1.29, 1.82) is 0 Å². The number of nitrogen functional groups attached to an aromatic ring is 1. The largest absolute Gasteiger partial charge is 0.398 e. The molecule has 0 aromatic heterocycles. The third-order valence-electron chi connectivity index (χ3n) is 2.71. The van der Waals surface area contributed by atoms with Gasteiger partial charge in [0.05, 0.1) is 0 Å². The maximum absolute atomic E-state index is 5.92. The molecule has 1 heterocycles. The molecule has 0 aliphatic carbocycles. The number of hydrogen-bond acceptors (Lipinski definition) is 2. The van der Waals surface area contributed by atoms with Gasteiger partial charge in [0, 0.05) is 17.9 Å². The zero-order valence-electron chi connectivity index (χ0n) is 8.06. The summed E-state index contributed by atoms with van der Waals surface area (Å²) in [5.41, 5.74) is 10.9. The average Bonchev–Trinajstić information content (AvgIpc) is 2.18. The zero-order valence-corrected chi connectivity index (χ0v) is 8.06. The summed E-state index contributed by atoms with van der Waals surface area (Å²) < 4.78 is 0. The van der Waals surface area contributed by atoms with Crippen LogP contribution in [0.5, 0.6) is 0 Å². The van der Waals surface area contributed by atoms with Crippen LogP contribution in [0.25, 0.3) is 0 Å². The van der Waals surface area contributed by atoms with Crippen molar-refractivity contribution in [3.63, 3.8) is 0 Å². The molecular weight excluding hydrogens is 160 g/mol. The maximum Gasteiger partial charge on any atom is 0.0425 e. The molecule has 0 saturated heterocycles. The minimum atomic E-state index is 0.927. The van der Waals surface area contributed by atoms with Gasteiger partial charge in [0.15, 0.2) is 0 Å². The van der Waals surface area contributed by atoms with E-state index in [1.807, 2.05) is 6.07 Å². The standard InChI is InChI=1S/C11H16N2/c1-2-9-10(12)6-5-8-4-3-7-13-11(8)9/h5-6,13H,2-4,7,12H2,1H3. The molecule has 1 aromatic rings. The molecule has 0 fully saturated rings. The second-order valence-electron chi connectivity index (χ2n) is 3.55. The van der Waals surface area contributed by atoms with Gasteiger partial charge in [0.2, 0.25) is 0 Å². The number of nitrogens with one attached hydrogen (secondary N) is 1. The van der Waals surface area contributed by atoms with Gasteiger partial charge in [-0.3, -0.25) is 0 Å². The highest BCUT2D eigenvalue weighted by molar-refractivity contribution is 5.68. The summed E-state index contributed by atoms with van der Waals surface area (Å²) in [4.78, 5) is 0. The molecule has 2 rings (SSSR count). The van der Waals surface area contributed by atoms with Gasteiger partial charge in [-0.25, -0.2) is 0 Å². The van der Waals surface area contributed by atoms with Crippen LogP contribution in [0.15, 0.2) is 12.1 Å². The molecule has 1 aliphatic rings. The van der Waals surface area contributed by atoms with E-state index in [9.17, 15) is 0 Å². The van der Waals surface area contributed by atoms with Gasteiger partial charge in [0.1, 0.15) is 0 Å². The molecule has 0 bridgehead atoms. The number of fused-ring (bicyclic) bond motifs is 1. The number of nitrogens with two attached hydrogens (primary N) is 1. The molecule has 2 nitrogen and oxygen atoms in total. The van der Waals surface area contributed by atoms with Crippen molar-refractivity contribution in [3.05, 3.63) is 23.3 Å². The lowest BCUT2D eigenvalue weighted by Crippen LogP contribution is -2.14. The normalized spacial score (nSPS) is 14.8. The summed E-state index contributed by atoms with van der Waals surface area (Å²) >= 11 is 0.